The van der Waals surface area contributed by atoms with E-state index in [2.05, 4.69) is 18.1 Å². The van der Waals surface area contributed by atoms with E-state index < -0.39 is 10.3 Å². The Hall–Kier alpha value is -1.15. The number of aromatic hydroxyl groups is 1. The highest BCUT2D eigenvalue weighted by Gasteiger charge is 2.54. The first-order valence-electron chi connectivity index (χ1n) is 8.84. The number of phenols is 1. The third-order valence-electron chi connectivity index (χ3n) is 6.66. The van der Waals surface area contributed by atoms with Crippen molar-refractivity contribution in [3.63, 3.8) is 0 Å². The number of fused-ring (bicyclic) bond motifs is 5. The van der Waals surface area contributed by atoms with Crippen LogP contribution in [0.15, 0.2) is 18.2 Å². The molecule has 5 N–H and O–H groups in total. The molecule has 0 amide bonds. The van der Waals surface area contributed by atoms with E-state index in [0.29, 0.717) is 17.6 Å². The molecule has 0 aliphatic heterocycles. The number of rotatable bonds is 0. The molecule has 0 heterocycles. The minimum absolute atomic E-state index is 0.0883. The summed E-state index contributed by atoms with van der Waals surface area (Å²) in [5, 5.41) is 23.9. The van der Waals surface area contributed by atoms with Crippen molar-refractivity contribution in [3.05, 3.63) is 29.3 Å². The van der Waals surface area contributed by atoms with E-state index in [0.717, 1.165) is 25.2 Å². The predicted molar refractivity (Wildman–Crippen MR) is 94.5 cm³/mol. The highest BCUT2D eigenvalue weighted by atomic mass is 32.2. The van der Waals surface area contributed by atoms with Gasteiger partial charge in [0.05, 0.1) is 6.10 Å². The highest BCUT2D eigenvalue weighted by molar-refractivity contribution is 7.83. The summed E-state index contributed by atoms with van der Waals surface area (Å²) in [4.78, 5) is 0. The summed E-state index contributed by atoms with van der Waals surface area (Å²) in [6, 6.07) is 5.96. The van der Waals surface area contributed by atoms with Crippen molar-refractivity contribution >= 4 is 10.3 Å². The second-order valence-electron chi connectivity index (χ2n) is 7.95. The molecule has 0 spiro atoms. The summed E-state index contributed by atoms with van der Waals surface area (Å²) in [5.41, 5.74) is 2.99. The van der Waals surface area contributed by atoms with Crippen molar-refractivity contribution in [2.45, 2.75) is 57.5 Å². The van der Waals surface area contributed by atoms with E-state index in [-0.39, 0.29) is 11.5 Å². The van der Waals surface area contributed by atoms with Gasteiger partial charge in [-0.25, -0.2) is 5.14 Å². The summed E-state index contributed by atoms with van der Waals surface area (Å²) < 4.78 is 25.2. The van der Waals surface area contributed by atoms with Crippen LogP contribution in [0.2, 0.25) is 0 Å². The largest absolute Gasteiger partial charge is 0.508 e. The van der Waals surface area contributed by atoms with Crippen LogP contribution in [0.25, 0.3) is 0 Å². The second kappa shape index (κ2) is 6.54. The van der Waals surface area contributed by atoms with Gasteiger partial charge in [-0.15, -0.1) is 0 Å². The normalized spacial score (nSPS) is 36.5. The van der Waals surface area contributed by atoms with Crippen molar-refractivity contribution in [1.29, 1.82) is 0 Å². The van der Waals surface area contributed by atoms with Crippen molar-refractivity contribution in [3.8, 4) is 5.75 Å². The molecule has 5 atom stereocenters. The number of phenolic OH excluding ortho intramolecular Hbond substituents is 1. The molecule has 140 valence electrons. The maximum Gasteiger partial charge on any atom is 0.330 e. The molecule has 0 bridgehead atoms. The van der Waals surface area contributed by atoms with Crippen LogP contribution in [0.4, 0.5) is 0 Å². The van der Waals surface area contributed by atoms with Crippen molar-refractivity contribution in [2.75, 3.05) is 0 Å². The Morgan fingerprint density at radius 1 is 1.20 bits per heavy atom. The van der Waals surface area contributed by atoms with Gasteiger partial charge in [0.1, 0.15) is 5.75 Å². The molecular formula is C18H27NO5S. The lowest BCUT2D eigenvalue weighted by atomic mass is 9.55. The molecule has 4 rings (SSSR count). The van der Waals surface area contributed by atoms with Gasteiger partial charge in [-0.05, 0) is 85.0 Å². The van der Waals surface area contributed by atoms with Crippen LogP contribution in [-0.2, 0) is 16.7 Å². The molecule has 2 fully saturated rings. The first kappa shape index (κ1) is 18.6. The zero-order valence-corrected chi connectivity index (χ0v) is 15.2. The molecule has 0 aromatic heterocycles. The van der Waals surface area contributed by atoms with E-state index in [1.807, 2.05) is 12.1 Å². The van der Waals surface area contributed by atoms with Crippen LogP contribution < -0.4 is 5.14 Å². The molecule has 2 saturated carbocycles. The van der Waals surface area contributed by atoms with Crippen molar-refractivity contribution < 1.29 is 23.2 Å². The van der Waals surface area contributed by atoms with Crippen LogP contribution in [0.3, 0.4) is 0 Å². The lowest BCUT2D eigenvalue weighted by Crippen LogP contribution is -2.43. The Kier molecular flexibility index (Phi) is 4.87. The minimum Gasteiger partial charge on any atom is -0.508 e. The minimum atomic E-state index is -4.17. The smallest absolute Gasteiger partial charge is 0.330 e. The number of aliphatic hydroxyl groups excluding tert-OH is 1. The molecule has 0 radical (unpaired) electrons. The van der Waals surface area contributed by atoms with E-state index in [4.69, 9.17) is 13.0 Å². The van der Waals surface area contributed by atoms with Gasteiger partial charge in [-0.3, -0.25) is 4.55 Å². The SMILES string of the molecule is C[C@]12CC[C@@H]3c4ccc(O)cc4CC[C@H]3[C@@H]1CC[C@@H]2O.NS(=O)(=O)O. The van der Waals surface area contributed by atoms with Crippen LogP contribution in [0.1, 0.15) is 56.1 Å². The topological polar surface area (TPSA) is 121 Å². The van der Waals surface area contributed by atoms with Crippen LogP contribution in [0.5, 0.6) is 5.75 Å². The predicted octanol–water partition coefficient (Wildman–Crippen LogP) is 2.36. The van der Waals surface area contributed by atoms with Gasteiger partial charge in [-0.2, -0.15) is 8.42 Å². The van der Waals surface area contributed by atoms with Gasteiger partial charge in [0, 0.05) is 0 Å². The fraction of sp³-hybridized carbons (Fsp3) is 0.667. The van der Waals surface area contributed by atoms with Crippen molar-refractivity contribution in [2.24, 2.45) is 22.4 Å². The number of aliphatic hydroxyl groups is 1. The summed E-state index contributed by atoms with van der Waals surface area (Å²) in [5.74, 6) is 2.49. The molecule has 6 nitrogen and oxygen atoms in total. The van der Waals surface area contributed by atoms with Crippen LogP contribution in [-0.4, -0.2) is 29.3 Å². The summed E-state index contributed by atoms with van der Waals surface area (Å²) in [6.45, 7) is 2.32. The molecule has 3 aliphatic carbocycles. The third-order valence-corrected chi connectivity index (χ3v) is 6.66. The van der Waals surface area contributed by atoms with Gasteiger partial charge < -0.3 is 10.2 Å². The van der Waals surface area contributed by atoms with Crippen molar-refractivity contribution in [1.82, 2.24) is 0 Å². The molecule has 3 aliphatic rings. The number of benzene rings is 1. The van der Waals surface area contributed by atoms with Crippen LogP contribution in [0, 0.1) is 17.3 Å². The summed E-state index contributed by atoms with van der Waals surface area (Å²) in [7, 11) is -4.17. The Bertz CT molecular complexity index is 742. The monoisotopic (exact) mass is 369 g/mol. The highest BCUT2D eigenvalue weighted by Crippen LogP contribution is 2.60. The lowest BCUT2D eigenvalue weighted by Gasteiger charge is -2.50. The number of hydrogen-bond acceptors (Lipinski definition) is 4. The Balaban J connectivity index is 0.000000324. The average molecular weight is 369 g/mol. The Labute approximate surface area is 148 Å². The molecular weight excluding hydrogens is 342 g/mol. The zero-order chi connectivity index (χ0) is 18.4. The molecule has 0 unspecified atom stereocenters. The van der Waals surface area contributed by atoms with Gasteiger partial charge >= 0.3 is 10.3 Å². The first-order valence-corrected chi connectivity index (χ1v) is 10.3. The van der Waals surface area contributed by atoms with Gasteiger partial charge in [0.25, 0.3) is 0 Å². The van der Waals surface area contributed by atoms with E-state index in [1.54, 1.807) is 0 Å². The average Bonchev–Trinajstić information content (AvgIpc) is 2.81. The van der Waals surface area contributed by atoms with E-state index in [9.17, 15) is 10.2 Å². The molecule has 7 heteroatoms. The molecule has 0 saturated heterocycles. The van der Waals surface area contributed by atoms with E-state index in [1.165, 1.54) is 30.4 Å². The zero-order valence-electron chi connectivity index (χ0n) is 14.4. The molecule has 1 aromatic rings. The first-order chi connectivity index (χ1) is 11.6. The van der Waals surface area contributed by atoms with E-state index >= 15 is 0 Å². The molecule has 25 heavy (non-hydrogen) atoms. The standard InChI is InChI=1S/C18H24O2.H3NO3S/c1-18-9-8-14-13-5-3-12(19)10-11(13)2-4-15(14)16(18)6-7-17(18)20;1-5(2,3)4/h3,5,10,14-17,19-20H,2,4,6-9H2,1H3;(H3,1,2,3,4)/t14-,15-,16+,17+,18+;/m1./s1. The molecule has 1 aromatic carbocycles. The summed E-state index contributed by atoms with van der Waals surface area (Å²) in [6.07, 6.45) is 6.78. The Morgan fingerprint density at radius 2 is 1.88 bits per heavy atom. The summed E-state index contributed by atoms with van der Waals surface area (Å²) >= 11 is 0. The quantitative estimate of drug-likeness (QED) is 0.523. The van der Waals surface area contributed by atoms with Gasteiger partial charge in [0.15, 0.2) is 0 Å². The maximum atomic E-state index is 10.4. The third kappa shape index (κ3) is 3.69. The number of aryl methyl sites for hydroxylation is 1. The second-order valence-corrected chi connectivity index (χ2v) is 8.98. The fourth-order valence-electron chi connectivity index (χ4n) is 5.54. The fourth-order valence-corrected chi connectivity index (χ4v) is 5.54. The van der Waals surface area contributed by atoms with Crippen LogP contribution >= 0.6 is 0 Å². The maximum absolute atomic E-state index is 10.4. The Morgan fingerprint density at radius 3 is 2.56 bits per heavy atom. The lowest BCUT2D eigenvalue weighted by molar-refractivity contribution is -0.0226. The van der Waals surface area contributed by atoms with Gasteiger partial charge in [-0.1, -0.05) is 13.0 Å². The number of nitrogens with two attached hydrogens (primary N) is 1. The van der Waals surface area contributed by atoms with Gasteiger partial charge in [0.2, 0.25) is 0 Å². The number of hydrogen-bond donors (Lipinski definition) is 4.